The Morgan fingerprint density at radius 1 is 1.00 bits per heavy atom. The largest absolute Gasteiger partial charge is 0.398 e. The molecule has 72 valence electrons. The lowest BCUT2D eigenvalue weighted by atomic mass is 10.1. The van der Waals surface area contributed by atoms with Gasteiger partial charge in [-0.05, 0) is 12.1 Å². The Bertz CT molecular complexity index is 446. The minimum Gasteiger partial charge on any atom is -0.398 e. The zero-order valence-corrected chi connectivity index (χ0v) is 7.49. The van der Waals surface area contributed by atoms with Gasteiger partial charge in [0, 0.05) is 23.6 Å². The first-order valence-electron chi connectivity index (χ1n) is 4.12. The summed E-state index contributed by atoms with van der Waals surface area (Å²) in [5.74, 6) is 0.689. The van der Waals surface area contributed by atoms with Gasteiger partial charge < -0.3 is 22.2 Å². The van der Waals surface area contributed by atoms with Crippen molar-refractivity contribution in [2.75, 3.05) is 17.2 Å². The van der Waals surface area contributed by atoms with Crippen molar-refractivity contribution in [3.63, 3.8) is 0 Å². The highest BCUT2D eigenvalue weighted by Gasteiger charge is 2.07. The lowest BCUT2D eigenvalue weighted by molar-refractivity contribution is 1.31. The molecule has 0 saturated heterocycles. The van der Waals surface area contributed by atoms with Gasteiger partial charge in [0.15, 0.2) is 0 Å². The summed E-state index contributed by atoms with van der Waals surface area (Å²) >= 11 is 0. The van der Waals surface area contributed by atoms with E-state index in [-0.39, 0.29) is 0 Å². The number of nitrogen functional groups attached to an aromatic ring is 3. The molecule has 2 rings (SSSR count). The fourth-order valence-corrected chi connectivity index (χ4v) is 1.27. The Morgan fingerprint density at radius 3 is 2.36 bits per heavy atom. The molecule has 0 aliphatic rings. The number of imidazole rings is 1. The Balaban J connectivity index is 2.60. The lowest BCUT2D eigenvalue weighted by Gasteiger charge is -2.06. The summed E-state index contributed by atoms with van der Waals surface area (Å²) in [6, 6.07) is 3.34. The second kappa shape index (κ2) is 2.95. The number of nitrogens with one attached hydrogen (secondary N) is 1. The van der Waals surface area contributed by atoms with E-state index in [0.717, 1.165) is 5.56 Å². The third-order valence-corrected chi connectivity index (χ3v) is 2.01. The van der Waals surface area contributed by atoms with E-state index in [4.69, 9.17) is 17.2 Å². The predicted molar refractivity (Wildman–Crippen MR) is 57.3 cm³/mol. The molecule has 0 aliphatic carbocycles. The molecule has 0 saturated carbocycles. The summed E-state index contributed by atoms with van der Waals surface area (Å²) in [5.41, 5.74) is 19.4. The van der Waals surface area contributed by atoms with Crippen LogP contribution in [0.15, 0.2) is 24.5 Å². The Labute approximate surface area is 80.9 Å². The van der Waals surface area contributed by atoms with Crippen LogP contribution in [0, 0.1) is 0 Å². The maximum absolute atomic E-state index is 5.79. The molecule has 0 spiro atoms. The molecule has 0 amide bonds. The van der Waals surface area contributed by atoms with Crippen LogP contribution in [0.2, 0.25) is 0 Å². The first-order chi connectivity index (χ1) is 6.68. The molecule has 0 fully saturated rings. The van der Waals surface area contributed by atoms with Crippen molar-refractivity contribution in [2.24, 2.45) is 0 Å². The average molecular weight is 189 g/mol. The molecule has 0 atom stereocenters. The Hall–Kier alpha value is -2.17. The lowest BCUT2D eigenvalue weighted by Crippen LogP contribution is -1.99. The van der Waals surface area contributed by atoms with Gasteiger partial charge in [0.05, 0.1) is 11.4 Å². The summed E-state index contributed by atoms with van der Waals surface area (Å²) < 4.78 is 0. The topological polar surface area (TPSA) is 107 Å². The molecule has 0 bridgehead atoms. The molecule has 1 heterocycles. The molecule has 5 nitrogen and oxygen atoms in total. The number of anilines is 3. The molecule has 2 aromatic rings. The third kappa shape index (κ3) is 1.24. The van der Waals surface area contributed by atoms with E-state index in [2.05, 4.69) is 9.97 Å². The van der Waals surface area contributed by atoms with Gasteiger partial charge in [-0.1, -0.05) is 0 Å². The SMILES string of the molecule is Nc1cc(N)c(-c2ncc[nH]2)cc1N. The minimum absolute atomic E-state index is 0.484. The van der Waals surface area contributed by atoms with E-state index in [9.17, 15) is 0 Å². The van der Waals surface area contributed by atoms with Crippen molar-refractivity contribution in [1.82, 2.24) is 9.97 Å². The number of aromatic nitrogens is 2. The van der Waals surface area contributed by atoms with Crippen LogP contribution in [-0.4, -0.2) is 9.97 Å². The van der Waals surface area contributed by atoms with Crippen molar-refractivity contribution < 1.29 is 0 Å². The van der Waals surface area contributed by atoms with Crippen LogP contribution >= 0.6 is 0 Å². The molecule has 7 N–H and O–H groups in total. The summed E-state index contributed by atoms with van der Waals surface area (Å²) in [6.45, 7) is 0. The highest BCUT2D eigenvalue weighted by Crippen LogP contribution is 2.29. The summed E-state index contributed by atoms with van der Waals surface area (Å²) in [4.78, 5) is 7.04. The van der Waals surface area contributed by atoms with Crippen molar-refractivity contribution in [3.05, 3.63) is 24.5 Å². The zero-order valence-electron chi connectivity index (χ0n) is 7.49. The van der Waals surface area contributed by atoms with Crippen molar-refractivity contribution in [3.8, 4) is 11.4 Å². The predicted octanol–water partition coefficient (Wildman–Crippen LogP) is 0.823. The van der Waals surface area contributed by atoms with E-state index in [1.54, 1.807) is 24.5 Å². The van der Waals surface area contributed by atoms with E-state index >= 15 is 0 Å². The van der Waals surface area contributed by atoms with Gasteiger partial charge in [0.1, 0.15) is 5.82 Å². The van der Waals surface area contributed by atoms with Crippen LogP contribution in [0.4, 0.5) is 17.1 Å². The van der Waals surface area contributed by atoms with Gasteiger partial charge in [-0.2, -0.15) is 0 Å². The van der Waals surface area contributed by atoms with E-state index in [1.807, 2.05) is 0 Å². The zero-order chi connectivity index (χ0) is 10.1. The standard InChI is InChI=1S/C9H11N5/c10-6-4-8(12)7(11)3-5(6)9-13-1-2-14-9/h1-4H,10-12H2,(H,13,14). The first-order valence-corrected chi connectivity index (χ1v) is 4.12. The molecule has 5 heteroatoms. The van der Waals surface area contributed by atoms with Crippen LogP contribution in [0.1, 0.15) is 0 Å². The highest BCUT2D eigenvalue weighted by atomic mass is 14.9. The number of rotatable bonds is 1. The number of nitrogens with zero attached hydrogens (tertiary/aromatic N) is 1. The summed E-state index contributed by atoms with van der Waals surface area (Å²) in [6.07, 6.45) is 3.38. The summed E-state index contributed by atoms with van der Waals surface area (Å²) in [7, 11) is 0. The number of nitrogens with two attached hydrogens (primary N) is 3. The van der Waals surface area contributed by atoms with Crippen LogP contribution in [0.25, 0.3) is 11.4 Å². The number of aromatic amines is 1. The molecule has 0 unspecified atom stereocenters. The van der Waals surface area contributed by atoms with Crippen molar-refractivity contribution >= 4 is 17.1 Å². The number of hydrogen-bond acceptors (Lipinski definition) is 4. The second-order valence-electron chi connectivity index (χ2n) is 3.01. The van der Waals surface area contributed by atoms with Crippen LogP contribution < -0.4 is 17.2 Å². The maximum atomic E-state index is 5.79. The smallest absolute Gasteiger partial charge is 0.139 e. The van der Waals surface area contributed by atoms with Crippen molar-refractivity contribution in [1.29, 1.82) is 0 Å². The van der Waals surface area contributed by atoms with E-state index in [0.29, 0.717) is 22.9 Å². The minimum atomic E-state index is 0.484. The van der Waals surface area contributed by atoms with Crippen LogP contribution in [0.3, 0.4) is 0 Å². The molecule has 1 aromatic heterocycles. The van der Waals surface area contributed by atoms with Gasteiger partial charge in [0.25, 0.3) is 0 Å². The van der Waals surface area contributed by atoms with Gasteiger partial charge in [-0.3, -0.25) is 0 Å². The molecule has 14 heavy (non-hydrogen) atoms. The van der Waals surface area contributed by atoms with E-state index in [1.165, 1.54) is 0 Å². The highest BCUT2D eigenvalue weighted by molar-refractivity contribution is 5.82. The fourth-order valence-electron chi connectivity index (χ4n) is 1.27. The molecule has 1 aromatic carbocycles. The maximum Gasteiger partial charge on any atom is 0.139 e. The fraction of sp³-hybridized carbons (Fsp3) is 0. The first kappa shape index (κ1) is 8.43. The van der Waals surface area contributed by atoms with Gasteiger partial charge in [0.2, 0.25) is 0 Å². The molecule has 0 radical (unpaired) electrons. The number of hydrogen-bond donors (Lipinski definition) is 4. The second-order valence-corrected chi connectivity index (χ2v) is 3.01. The van der Waals surface area contributed by atoms with Crippen molar-refractivity contribution in [2.45, 2.75) is 0 Å². The molecular formula is C9H11N5. The number of benzene rings is 1. The van der Waals surface area contributed by atoms with Crippen LogP contribution in [0.5, 0.6) is 0 Å². The van der Waals surface area contributed by atoms with Gasteiger partial charge >= 0.3 is 0 Å². The quantitative estimate of drug-likeness (QED) is 0.498. The Morgan fingerprint density at radius 2 is 1.71 bits per heavy atom. The Kier molecular flexibility index (Phi) is 1.78. The molecule has 0 aliphatic heterocycles. The van der Waals surface area contributed by atoms with Gasteiger partial charge in [-0.15, -0.1) is 0 Å². The number of H-pyrrole nitrogens is 1. The van der Waals surface area contributed by atoms with E-state index < -0.39 is 0 Å². The molecular weight excluding hydrogens is 178 g/mol. The average Bonchev–Trinajstić information content (AvgIpc) is 2.64. The monoisotopic (exact) mass is 189 g/mol. The van der Waals surface area contributed by atoms with Gasteiger partial charge in [-0.25, -0.2) is 4.98 Å². The third-order valence-electron chi connectivity index (χ3n) is 2.01. The summed E-state index contributed by atoms with van der Waals surface area (Å²) in [5, 5.41) is 0. The van der Waals surface area contributed by atoms with Crippen LogP contribution in [-0.2, 0) is 0 Å². The normalized spacial score (nSPS) is 10.3.